The van der Waals surface area contributed by atoms with Crippen LogP contribution in [0.25, 0.3) is 28.0 Å². The summed E-state index contributed by atoms with van der Waals surface area (Å²) in [4.78, 5) is 15.9. The van der Waals surface area contributed by atoms with E-state index >= 15 is 0 Å². The molecule has 3 heterocycles. The predicted molar refractivity (Wildman–Crippen MR) is 101 cm³/mol. The SMILES string of the molecule is Cc1nn(C)cc1-c1c(F)cccc1-c1nc2cc(C(N)=O)ccn2c1Cl. The van der Waals surface area contributed by atoms with Gasteiger partial charge in [0.15, 0.2) is 0 Å². The zero-order chi connectivity index (χ0) is 19.3. The summed E-state index contributed by atoms with van der Waals surface area (Å²) in [6.45, 7) is 1.82. The van der Waals surface area contributed by atoms with E-state index in [4.69, 9.17) is 17.3 Å². The van der Waals surface area contributed by atoms with Crippen LogP contribution < -0.4 is 5.73 Å². The third kappa shape index (κ3) is 2.76. The molecule has 0 spiro atoms. The molecular weight excluding hydrogens is 369 g/mol. The number of aryl methyl sites for hydroxylation is 2. The summed E-state index contributed by atoms with van der Waals surface area (Å²) in [6, 6.07) is 7.86. The molecule has 0 unspecified atom stereocenters. The average molecular weight is 384 g/mol. The molecule has 2 N–H and O–H groups in total. The number of aromatic nitrogens is 4. The number of benzene rings is 1. The molecule has 3 aromatic heterocycles. The van der Waals surface area contributed by atoms with Gasteiger partial charge < -0.3 is 5.73 Å². The monoisotopic (exact) mass is 383 g/mol. The molecule has 0 aliphatic heterocycles. The van der Waals surface area contributed by atoms with Crippen molar-refractivity contribution in [3.63, 3.8) is 0 Å². The molecule has 4 rings (SSSR count). The van der Waals surface area contributed by atoms with Crippen LogP contribution in [0.15, 0.2) is 42.7 Å². The summed E-state index contributed by atoms with van der Waals surface area (Å²) in [5, 5.41) is 4.61. The first-order valence-electron chi connectivity index (χ1n) is 8.13. The van der Waals surface area contributed by atoms with E-state index in [1.54, 1.807) is 52.8 Å². The maximum absolute atomic E-state index is 14.8. The topological polar surface area (TPSA) is 78.2 Å². The van der Waals surface area contributed by atoms with Crippen molar-refractivity contribution in [2.75, 3.05) is 0 Å². The summed E-state index contributed by atoms with van der Waals surface area (Å²) in [5.41, 5.74) is 8.79. The summed E-state index contributed by atoms with van der Waals surface area (Å²) >= 11 is 6.52. The lowest BCUT2D eigenvalue weighted by Gasteiger charge is -2.08. The van der Waals surface area contributed by atoms with Gasteiger partial charge in [-0.3, -0.25) is 13.9 Å². The van der Waals surface area contributed by atoms with Crippen LogP contribution in [-0.2, 0) is 7.05 Å². The zero-order valence-electron chi connectivity index (χ0n) is 14.6. The van der Waals surface area contributed by atoms with Crippen LogP contribution >= 0.6 is 11.6 Å². The van der Waals surface area contributed by atoms with Gasteiger partial charge in [0.05, 0.1) is 5.69 Å². The highest BCUT2D eigenvalue weighted by Gasteiger charge is 2.21. The van der Waals surface area contributed by atoms with Gasteiger partial charge >= 0.3 is 0 Å². The number of carbonyl (C=O) groups excluding carboxylic acids is 1. The quantitative estimate of drug-likeness (QED) is 0.587. The number of rotatable bonds is 3. The number of hydrogen-bond acceptors (Lipinski definition) is 3. The van der Waals surface area contributed by atoms with Crippen molar-refractivity contribution in [3.8, 4) is 22.4 Å². The number of amides is 1. The van der Waals surface area contributed by atoms with Crippen LogP contribution in [0.3, 0.4) is 0 Å². The maximum atomic E-state index is 14.8. The Labute approximate surface area is 159 Å². The molecule has 0 bridgehead atoms. The molecular formula is C19H15ClFN5O. The van der Waals surface area contributed by atoms with E-state index in [-0.39, 0.29) is 0 Å². The molecule has 8 heteroatoms. The number of pyridine rings is 1. The van der Waals surface area contributed by atoms with Gasteiger partial charge in [0.2, 0.25) is 5.91 Å². The highest BCUT2D eigenvalue weighted by molar-refractivity contribution is 6.32. The number of nitrogens with zero attached hydrogens (tertiary/aromatic N) is 4. The van der Waals surface area contributed by atoms with Gasteiger partial charge in [0.25, 0.3) is 0 Å². The largest absolute Gasteiger partial charge is 0.366 e. The van der Waals surface area contributed by atoms with Crippen molar-refractivity contribution in [1.29, 1.82) is 0 Å². The first kappa shape index (κ1) is 17.2. The second kappa shape index (κ2) is 6.21. The Bertz CT molecular complexity index is 1210. The normalized spacial score (nSPS) is 11.3. The molecule has 0 aliphatic carbocycles. The number of halogens is 2. The smallest absolute Gasteiger partial charge is 0.248 e. The molecule has 1 amide bonds. The first-order chi connectivity index (χ1) is 12.9. The van der Waals surface area contributed by atoms with Gasteiger partial charge in [-0.25, -0.2) is 9.37 Å². The fourth-order valence-electron chi connectivity index (χ4n) is 3.18. The fourth-order valence-corrected chi connectivity index (χ4v) is 3.47. The van der Waals surface area contributed by atoms with E-state index in [2.05, 4.69) is 10.1 Å². The summed E-state index contributed by atoms with van der Waals surface area (Å²) in [6.07, 6.45) is 3.37. The Balaban J connectivity index is 2.00. The lowest BCUT2D eigenvalue weighted by atomic mass is 9.98. The molecule has 4 aromatic rings. The third-order valence-corrected chi connectivity index (χ3v) is 4.77. The van der Waals surface area contributed by atoms with E-state index in [0.717, 1.165) is 0 Å². The van der Waals surface area contributed by atoms with Gasteiger partial charge in [-0.2, -0.15) is 5.10 Å². The molecule has 136 valence electrons. The lowest BCUT2D eigenvalue weighted by Crippen LogP contribution is -2.11. The maximum Gasteiger partial charge on any atom is 0.248 e. The molecule has 27 heavy (non-hydrogen) atoms. The second-order valence-corrected chi connectivity index (χ2v) is 6.58. The van der Waals surface area contributed by atoms with Crippen LogP contribution in [-0.4, -0.2) is 25.1 Å². The summed E-state index contributed by atoms with van der Waals surface area (Å²) in [7, 11) is 1.78. The lowest BCUT2D eigenvalue weighted by molar-refractivity contribution is 0.1000. The van der Waals surface area contributed by atoms with Gasteiger partial charge in [-0.05, 0) is 25.1 Å². The van der Waals surface area contributed by atoms with Crippen LogP contribution in [0.4, 0.5) is 4.39 Å². The van der Waals surface area contributed by atoms with Gasteiger partial charge in [0.1, 0.15) is 22.3 Å². The molecule has 0 fully saturated rings. The van der Waals surface area contributed by atoms with Crippen molar-refractivity contribution in [1.82, 2.24) is 19.2 Å². The number of fused-ring (bicyclic) bond motifs is 1. The van der Waals surface area contributed by atoms with Gasteiger partial charge in [-0.15, -0.1) is 0 Å². The molecule has 1 aromatic carbocycles. The number of hydrogen-bond donors (Lipinski definition) is 1. The Morgan fingerprint density at radius 2 is 2.04 bits per heavy atom. The number of imidazole rings is 1. The summed E-state index contributed by atoms with van der Waals surface area (Å²) < 4.78 is 18.0. The minimum Gasteiger partial charge on any atom is -0.366 e. The third-order valence-electron chi connectivity index (χ3n) is 4.40. The predicted octanol–water partition coefficient (Wildman–Crippen LogP) is 3.60. The Hall–Kier alpha value is -3.19. The molecule has 0 aliphatic rings. The summed E-state index contributed by atoms with van der Waals surface area (Å²) in [5.74, 6) is -0.954. The van der Waals surface area contributed by atoms with Crippen LogP contribution in [0.5, 0.6) is 0 Å². The first-order valence-corrected chi connectivity index (χ1v) is 8.51. The molecule has 0 radical (unpaired) electrons. The van der Waals surface area contributed by atoms with Crippen molar-refractivity contribution >= 4 is 23.2 Å². The van der Waals surface area contributed by atoms with E-state index in [1.165, 1.54) is 6.07 Å². The van der Waals surface area contributed by atoms with Crippen molar-refractivity contribution in [2.45, 2.75) is 6.92 Å². The molecule has 0 atom stereocenters. The van der Waals surface area contributed by atoms with Gasteiger partial charge in [-0.1, -0.05) is 23.7 Å². The minimum atomic E-state index is -0.560. The highest BCUT2D eigenvalue weighted by atomic mass is 35.5. The van der Waals surface area contributed by atoms with Crippen molar-refractivity contribution in [3.05, 3.63) is 65.0 Å². The highest BCUT2D eigenvalue weighted by Crippen LogP contribution is 2.38. The van der Waals surface area contributed by atoms with Gasteiger partial charge in [0, 0.05) is 41.7 Å². The van der Waals surface area contributed by atoms with E-state index in [9.17, 15) is 9.18 Å². The fraction of sp³-hybridized carbons (Fsp3) is 0.105. The zero-order valence-corrected chi connectivity index (χ0v) is 15.3. The van der Waals surface area contributed by atoms with Crippen molar-refractivity contribution in [2.24, 2.45) is 12.8 Å². The van der Waals surface area contributed by atoms with E-state index in [0.29, 0.717) is 44.4 Å². The Morgan fingerprint density at radius 1 is 1.26 bits per heavy atom. The Kier molecular flexibility index (Phi) is 3.96. The van der Waals surface area contributed by atoms with Crippen molar-refractivity contribution < 1.29 is 9.18 Å². The van der Waals surface area contributed by atoms with Crippen LogP contribution in [0.2, 0.25) is 5.15 Å². The minimum absolute atomic E-state index is 0.314. The van der Waals surface area contributed by atoms with E-state index < -0.39 is 11.7 Å². The number of primary amides is 1. The van der Waals surface area contributed by atoms with E-state index in [1.807, 2.05) is 6.92 Å². The molecule has 0 saturated heterocycles. The number of nitrogens with two attached hydrogens (primary N) is 1. The Morgan fingerprint density at radius 3 is 2.70 bits per heavy atom. The molecule has 0 saturated carbocycles. The average Bonchev–Trinajstić information content (AvgIpc) is 3.13. The van der Waals surface area contributed by atoms with Crippen LogP contribution in [0, 0.1) is 12.7 Å². The van der Waals surface area contributed by atoms with Crippen LogP contribution in [0.1, 0.15) is 16.1 Å². The second-order valence-electron chi connectivity index (χ2n) is 6.22. The number of carbonyl (C=O) groups is 1. The standard InChI is InChI=1S/C19H15ClFN5O/c1-10-13(9-25(2)24-10)16-12(4-3-5-14(16)21)17-18(20)26-7-6-11(19(22)27)8-15(26)23-17/h3-9H,1-2H3,(H2,22,27). The molecule has 6 nitrogen and oxygen atoms in total.